The topological polar surface area (TPSA) is 114 Å². The van der Waals surface area contributed by atoms with Crippen molar-refractivity contribution in [1.29, 1.82) is 5.26 Å². The van der Waals surface area contributed by atoms with Crippen LogP contribution in [0.5, 0.6) is 0 Å². The van der Waals surface area contributed by atoms with E-state index in [1.54, 1.807) is 9.29 Å². The van der Waals surface area contributed by atoms with E-state index in [0.717, 1.165) is 17.8 Å². The average Bonchev–Trinajstić information content (AvgIpc) is 3.12. The lowest BCUT2D eigenvalue weighted by molar-refractivity contribution is -0.147. The third-order valence-corrected chi connectivity index (χ3v) is 6.65. The summed E-state index contributed by atoms with van der Waals surface area (Å²) >= 11 is 0. The molecule has 0 fully saturated rings. The standard InChI is InChI=1S/C22H17F3N6O2S/c1-13-3-6-19-16(9-13)17(10-26)21(31(19)20-12-27-7-8-28-20)18-5-4-15(11-29-18)34(32,33)30-14(2)22(23,24)25/h3-9,11-12,14,30H,1-2H3. The van der Waals surface area contributed by atoms with E-state index in [1.807, 2.05) is 25.1 Å². The molecule has 174 valence electrons. The van der Waals surface area contributed by atoms with Gasteiger partial charge in [-0.2, -0.15) is 23.2 Å². The number of pyridine rings is 1. The van der Waals surface area contributed by atoms with Gasteiger partial charge < -0.3 is 0 Å². The number of sulfonamides is 1. The lowest BCUT2D eigenvalue weighted by atomic mass is 10.1. The minimum Gasteiger partial charge on any atom is -0.290 e. The maximum absolute atomic E-state index is 12.8. The number of aromatic nitrogens is 4. The van der Waals surface area contributed by atoms with E-state index >= 15 is 0 Å². The first kappa shape index (κ1) is 23.3. The number of rotatable bonds is 5. The Morgan fingerprint density at radius 2 is 1.88 bits per heavy atom. The molecule has 1 aromatic carbocycles. The smallest absolute Gasteiger partial charge is 0.290 e. The van der Waals surface area contributed by atoms with E-state index < -0.39 is 27.1 Å². The van der Waals surface area contributed by atoms with Gasteiger partial charge in [0, 0.05) is 24.0 Å². The highest BCUT2D eigenvalue weighted by atomic mass is 32.2. The van der Waals surface area contributed by atoms with Gasteiger partial charge in [0.2, 0.25) is 10.0 Å². The Kier molecular flexibility index (Phi) is 5.84. The zero-order valence-electron chi connectivity index (χ0n) is 17.9. The molecule has 0 bridgehead atoms. The van der Waals surface area contributed by atoms with Gasteiger partial charge in [0.1, 0.15) is 17.0 Å². The van der Waals surface area contributed by atoms with Crippen LogP contribution in [0.4, 0.5) is 13.2 Å². The SMILES string of the molecule is Cc1ccc2c(c1)c(C#N)c(-c1ccc(S(=O)(=O)NC(C)C(F)(F)F)cn1)n2-c1cnccn1. The fraction of sp³-hybridized carbons (Fsp3) is 0.182. The predicted molar refractivity (Wildman–Crippen MR) is 117 cm³/mol. The molecule has 0 aliphatic carbocycles. The molecule has 0 amide bonds. The highest BCUT2D eigenvalue weighted by molar-refractivity contribution is 7.89. The predicted octanol–water partition coefficient (Wildman–Crippen LogP) is 3.89. The van der Waals surface area contributed by atoms with Gasteiger partial charge in [0.05, 0.1) is 28.7 Å². The van der Waals surface area contributed by atoms with Crippen molar-refractivity contribution in [1.82, 2.24) is 24.2 Å². The largest absolute Gasteiger partial charge is 0.404 e. The second-order valence-electron chi connectivity index (χ2n) is 7.52. The van der Waals surface area contributed by atoms with Crippen molar-refractivity contribution in [3.63, 3.8) is 0 Å². The molecule has 3 aromatic heterocycles. The average molecular weight is 486 g/mol. The molecule has 3 heterocycles. The van der Waals surface area contributed by atoms with Crippen molar-refractivity contribution in [2.24, 2.45) is 0 Å². The summed E-state index contributed by atoms with van der Waals surface area (Å²) in [5.74, 6) is 0.409. The number of nitrogens with one attached hydrogen (secondary N) is 1. The van der Waals surface area contributed by atoms with Gasteiger partial charge in [-0.25, -0.2) is 13.4 Å². The molecule has 12 heteroatoms. The fourth-order valence-corrected chi connectivity index (χ4v) is 4.63. The van der Waals surface area contributed by atoms with Gasteiger partial charge in [-0.1, -0.05) is 11.6 Å². The Hall–Kier alpha value is -3.82. The maximum Gasteiger partial charge on any atom is 0.404 e. The van der Waals surface area contributed by atoms with Crippen LogP contribution >= 0.6 is 0 Å². The van der Waals surface area contributed by atoms with Crippen LogP contribution in [0.3, 0.4) is 0 Å². The van der Waals surface area contributed by atoms with Gasteiger partial charge >= 0.3 is 6.18 Å². The van der Waals surface area contributed by atoms with Gasteiger partial charge in [0.25, 0.3) is 0 Å². The summed E-state index contributed by atoms with van der Waals surface area (Å²) in [6.45, 7) is 2.59. The summed E-state index contributed by atoms with van der Waals surface area (Å²) in [7, 11) is -4.48. The van der Waals surface area contributed by atoms with Crippen LogP contribution in [0.25, 0.3) is 28.1 Å². The number of halogens is 3. The Morgan fingerprint density at radius 3 is 2.47 bits per heavy atom. The van der Waals surface area contributed by atoms with Gasteiger partial charge in [0.15, 0.2) is 5.82 Å². The van der Waals surface area contributed by atoms with E-state index in [9.17, 15) is 26.9 Å². The highest BCUT2D eigenvalue weighted by Crippen LogP contribution is 2.35. The number of hydrogen-bond donors (Lipinski definition) is 1. The summed E-state index contributed by atoms with van der Waals surface area (Å²) in [6.07, 6.45) is 0.702. The first-order valence-corrected chi connectivity index (χ1v) is 11.4. The maximum atomic E-state index is 12.8. The number of nitrogens with zero attached hydrogens (tertiary/aromatic N) is 5. The summed E-state index contributed by atoms with van der Waals surface area (Å²) in [6, 6.07) is 7.91. The number of nitriles is 1. The zero-order valence-corrected chi connectivity index (χ0v) is 18.7. The van der Waals surface area contributed by atoms with Gasteiger partial charge in [-0.05, 0) is 38.1 Å². The molecule has 0 aliphatic rings. The Balaban J connectivity index is 1.87. The monoisotopic (exact) mass is 486 g/mol. The number of fused-ring (bicyclic) bond motifs is 1. The number of alkyl halides is 3. The van der Waals surface area contributed by atoms with Crippen LogP contribution in [0, 0.1) is 18.3 Å². The first-order valence-electron chi connectivity index (χ1n) is 9.90. The van der Waals surface area contributed by atoms with E-state index in [2.05, 4.69) is 21.0 Å². The molecule has 0 saturated heterocycles. The third kappa shape index (κ3) is 4.23. The summed E-state index contributed by atoms with van der Waals surface area (Å²) < 4.78 is 66.5. The van der Waals surface area contributed by atoms with Crippen LogP contribution in [0.1, 0.15) is 18.1 Å². The van der Waals surface area contributed by atoms with Crippen LogP contribution in [-0.2, 0) is 10.0 Å². The first-order chi connectivity index (χ1) is 16.0. The van der Waals surface area contributed by atoms with Crippen molar-refractivity contribution in [2.75, 3.05) is 0 Å². The molecule has 34 heavy (non-hydrogen) atoms. The molecular formula is C22H17F3N6O2S. The van der Waals surface area contributed by atoms with E-state index in [0.29, 0.717) is 29.3 Å². The molecule has 8 nitrogen and oxygen atoms in total. The fourth-order valence-electron chi connectivity index (χ4n) is 3.45. The zero-order chi connectivity index (χ0) is 24.7. The normalized spacial score (nSPS) is 13.1. The molecule has 0 saturated carbocycles. The van der Waals surface area contributed by atoms with Crippen LogP contribution in [0.15, 0.2) is 60.0 Å². The molecule has 0 spiro atoms. The Morgan fingerprint density at radius 1 is 1.12 bits per heavy atom. The van der Waals surface area contributed by atoms with E-state index in [1.165, 1.54) is 24.7 Å². The van der Waals surface area contributed by atoms with Crippen LogP contribution in [-0.4, -0.2) is 40.2 Å². The Labute approximate surface area is 192 Å². The number of hydrogen-bond acceptors (Lipinski definition) is 6. The van der Waals surface area contributed by atoms with Crippen molar-refractivity contribution in [3.8, 4) is 23.3 Å². The molecule has 1 unspecified atom stereocenters. The molecule has 4 rings (SSSR count). The lowest BCUT2D eigenvalue weighted by Crippen LogP contribution is -2.42. The minimum atomic E-state index is -4.74. The molecule has 4 aromatic rings. The second-order valence-corrected chi connectivity index (χ2v) is 9.23. The van der Waals surface area contributed by atoms with E-state index in [-0.39, 0.29) is 11.3 Å². The molecule has 1 N–H and O–H groups in total. The molecular weight excluding hydrogens is 469 g/mol. The van der Waals surface area contributed by atoms with Gasteiger partial charge in [-0.15, -0.1) is 0 Å². The summed E-state index contributed by atoms with van der Waals surface area (Å²) in [4.78, 5) is 12.1. The van der Waals surface area contributed by atoms with Crippen LogP contribution < -0.4 is 4.72 Å². The summed E-state index contributed by atoms with van der Waals surface area (Å²) in [5.41, 5.74) is 2.46. The van der Waals surface area contributed by atoms with Gasteiger partial charge in [-0.3, -0.25) is 14.5 Å². The Bertz CT molecular complexity index is 1510. The van der Waals surface area contributed by atoms with Crippen molar-refractivity contribution >= 4 is 20.9 Å². The molecule has 0 aliphatic heterocycles. The highest BCUT2D eigenvalue weighted by Gasteiger charge is 2.39. The number of benzene rings is 1. The quantitative estimate of drug-likeness (QED) is 0.458. The van der Waals surface area contributed by atoms with Crippen molar-refractivity contribution in [2.45, 2.75) is 31.0 Å². The molecule has 0 radical (unpaired) electrons. The van der Waals surface area contributed by atoms with Crippen LogP contribution in [0.2, 0.25) is 0 Å². The van der Waals surface area contributed by atoms with Crippen molar-refractivity contribution in [3.05, 3.63) is 66.2 Å². The summed E-state index contributed by atoms with van der Waals surface area (Å²) in [5, 5.41) is 10.6. The minimum absolute atomic E-state index is 0.235. The third-order valence-electron chi connectivity index (χ3n) is 5.13. The van der Waals surface area contributed by atoms with Crippen molar-refractivity contribution < 1.29 is 21.6 Å². The molecule has 1 atom stereocenters. The lowest BCUT2D eigenvalue weighted by Gasteiger charge is -2.17. The second kappa shape index (κ2) is 8.51. The van der Waals surface area contributed by atoms with E-state index in [4.69, 9.17) is 0 Å². The number of aryl methyl sites for hydroxylation is 1.